The van der Waals surface area contributed by atoms with Crippen LogP contribution >= 0.6 is 0 Å². The molecule has 0 rings (SSSR count). The fourth-order valence-electron chi connectivity index (χ4n) is 0.632. The van der Waals surface area contributed by atoms with E-state index in [9.17, 15) is 13.2 Å². The summed E-state index contributed by atoms with van der Waals surface area (Å²) in [5.74, 6) is 0. The SMILES string of the molecule is CC.COCCN(C)CC(F)(F)F. The van der Waals surface area contributed by atoms with Crippen molar-refractivity contribution >= 4 is 0 Å². The Hall–Kier alpha value is -0.290. The van der Waals surface area contributed by atoms with Crippen molar-refractivity contribution in [2.45, 2.75) is 20.0 Å². The smallest absolute Gasteiger partial charge is 0.383 e. The number of hydrogen-bond donors (Lipinski definition) is 0. The van der Waals surface area contributed by atoms with E-state index in [1.54, 1.807) is 0 Å². The first-order valence-corrected chi connectivity index (χ1v) is 4.20. The van der Waals surface area contributed by atoms with E-state index in [2.05, 4.69) is 4.74 Å². The van der Waals surface area contributed by atoms with Gasteiger partial charge in [-0.15, -0.1) is 0 Å². The lowest BCUT2D eigenvalue weighted by atomic mass is 10.5. The average Bonchev–Trinajstić information content (AvgIpc) is 2.01. The minimum atomic E-state index is -4.11. The van der Waals surface area contributed by atoms with Gasteiger partial charge in [0.25, 0.3) is 0 Å². The first-order chi connectivity index (χ1) is 5.95. The maximum Gasteiger partial charge on any atom is 0.401 e. The summed E-state index contributed by atoms with van der Waals surface area (Å²) in [6.45, 7) is 3.75. The Morgan fingerprint density at radius 1 is 1.23 bits per heavy atom. The van der Waals surface area contributed by atoms with Gasteiger partial charge in [-0.3, -0.25) is 4.90 Å². The van der Waals surface area contributed by atoms with Gasteiger partial charge in [0.15, 0.2) is 0 Å². The van der Waals surface area contributed by atoms with Crippen LogP contribution in [0.15, 0.2) is 0 Å². The van der Waals surface area contributed by atoms with Crippen molar-refractivity contribution in [3.63, 3.8) is 0 Å². The molecule has 0 heterocycles. The van der Waals surface area contributed by atoms with Crippen molar-refractivity contribution < 1.29 is 17.9 Å². The molecule has 0 radical (unpaired) electrons. The van der Waals surface area contributed by atoms with Crippen molar-refractivity contribution in [3.8, 4) is 0 Å². The quantitative estimate of drug-likeness (QED) is 0.691. The van der Waals surface area contributed by atoms with Gasteiger partial charge in [-0.2, -0.15) is 13.2 Å². The number of likely N-dealkylation sites (N-methyl/N-ethyl adjacent to an activating group) is 1. The summed E-state index contributed by atoms with van der Waals surface area (Å²) in [4.78, 5) is 1.17. The fraction of sp³-hybridized carbons (Fsp3) is 1.00. The maximum atomic E-state index is 11.7. The summed E-state index contributed by atoms with van der Waals surface area (Å²) in [6.07, 6.45) is -4.11. The molecule has 0 aromatic rings. The topological polar surface area (TPSA) is 12.5 Å². The van der Waals surface area contributed by atoms with Crippen LogP contribution in [-0.2, 0) is 4.74 Å². The highest BCUT2D eigenvalue weighted by atomic mass is 19.4. The highest BCUT2D eigenvalue weighted by Crippen LogP contribution is 2.14. The van der Waals surface area contributed by atoms with Crippen LogP contribution in [0.25, 0.3) is 0 Å². The molecule has 0 aromatic heterocycles. The number of methoxy groups -OCH3 is 1. The maximum absolute atomic E-state index is 11.7. The Morgan fingerprint density at radius 3 is 2.00 bits per heavy atom. The molecule has 0 unspecified atom stereocenters. The summed E-state index contributed by atoms with van der Waals surface area (Å²) >= 11 is 0. The summed E-state index contributed by atoms with van der Waals surface area (Å²) in [5, 5.41) is 0. The first kappa shape index (κ1) is 15.2. The minimum Gasteiger partial charge on any atom is -0.383 e. The molecule has 0 saturated carbocycles. The normalized spacial score (nSPS) is 11.1. The van der Waals surface area contributed by atoms with Crippen LogP contribution < -0.4 is 0 Å². The molecule has 0 spiro atoms. The second kappa shape index (κ2) is 8.31. The summed E-state index contributed by atoms with van der Waals surface area (Å²) < 4.78 is 39.6. The lowest BCUT2D eigenvalue weighted by molar-refractivity contribution is -0.143. The van der Waals surface area contributed by atoms with E-state index < -0.39 is 12.7 Å². The van der Waals surface area contributed by atoms with Gasteiger partial charge < -0.3 is 4.74 Å². The van der Waals surface area contributed by atoms with Crippen LogP contribution in [-0.4, -0.2) is 44.9 Å². The predicted octanol–water partition coefficient (Wildman–Crippen LogP) is 2.15. The van der Waals surface area contributed by atoms with Gasteiger partial charge in [-0.1, -0.05) is 13.8 Å². The molecule has 0 saturated heterocycles. The molecule has 0 aliphatic heterocycles. The Labute approximate surface area is 77.7 Å². The van der Waals surface area contributed by atoms with Gasteiger partial charge in [0, 0.05) is 13.7 Å². The Kier molecular flexibility index (Phi) is 9.72. The highest BCUT2D eigenvalue weighted by molar-refractivity contribution is 4.57. The van der Waals surface area contributed by atoms with Gasteiger partial charge in [-0.05, 0) is 7.05 Å². The van der Waals surface area contributed by atoms with Crippen LogP contribution in [0, 0.1) is 0 Å². The van der Waals surface area contributed by atoms with Crippen molar-refractivity contribution in [2.75, 3.05) is 33.9 Å². The number of ether oxygens (including phenoxy) is 1. The van der Waals surface area contributed by atoms with Crippen LogP contribution in [0.3, 0.4) is 0 Å². The summed E-state index contributed by atoms with van der Waals surface area (Å²) in [5.41, 5.74) is 0. The zero-order valence-corrected chi connectivity index (χ0v) is 8.61. The van der Waals surface area contributed by atoms with E-state index in [1.807, 2.05) is 13.8 Å². The monoisotopic (exact) mass is 201 g/mol. The molecule has 82 valence electrons. The zero-order chi connectivity index (χ0) is 10.9. The Morgan fingerprint density at radius 2 is 1.69 bits per heavy atom. The molecule has 13 heavy (non-hydrogen) atoms. The highest BCUT2D eigenvalue weighted by Gasteiger charge is 2.28. The largest absolute Gasteiger partial charge is 0.401 e. The molecule has 2 nitrogen and oxygen atoms in total. The third-order valence-corrected chi connectivity index (χ3v) is 1.13. The lowest BCUT2D eigenvalue weighted by Gasteiger charge is -2.17. The van der Waals surface area contributed by atoms with E-state index in [0.29, 0.717) is 13.2 Å². The van der Waals surface area contributed by atoms with Crippen LogP contribution in [0.2, 0.25) is 0 Å². The molecule has 0 bridgehead atoms. The molecule has 0 aliphatic rings. The third kappa shape index (κ3) is 14.6. The van der Waals surface area contributed by atoms with E-state index in [4.69, 9.17) is 0 Å². The molecule has 0 amide bonds. The molecule has 0 fully saturated rings. The van der Waals surface area contributed by atoms with Crippen molar-refractivity contribution in [1.29, 1.82) is 0 Å². The van der Waals surface area contributed by atoms with Crippen molar-refractivity contribution in [3.05, 3.63) is 0 Å². The van der Waals surface area contributed by atoms with E-state index in [1.165, 1.54) is 19.1 Å². The van der Waals surface area contributed by atoms with Gasteiger partial charge in [0.1, 0.15) is 0 Å². The Bertz CT molecular complexity index is 106. The first-order valence-electron chi connectivity index (χ1n) is 4.20. The summed E-state index contributed by atoms with van der Waals surface area (Å²) in [7, 11) is 2.87. The molecular formula is C8H18F3NO. The minimum absolute atomic E-state index is 0.302. The standard InChI is InChI=1S/C6H12F3NO.C2H6/c1-10(3-4-11-2)5-6(7,8)9;1-2/h3-5H2,1-2H3;1-2H3. The van der Waals surface area contributed by atoms with Crippen molar-refractivity contribution in [1.82, 2.24) is 4.90 Å². The number of alkyl halides is 3. The Balaban J connectivity index is 0. The second-order valence-corrected chi connectivity index (χ2v) is 2.35. The fourth-order valence-corrected chi connectivity index (χ4v) is 0.632. The van der Waals surface area contributed by atoms with Gasteiger partial charge in [0.2, 0.25) is 0 Å². The van der Waals surface area contributed by atoms with E-state index in [-0.39, 0.29) is 0 Å². The predicted molar refractivity (Wildman–Crippen MR) is 46.8 cm³/mol. The number of nitrogens with zero attached hydrogens (tertiary/aromatic N) is 1. The van der Waals surface area contributed by atoms with Crippen LogP contribution in [0.4, 0.5) is 13.2 Å². The number of hydrogen-bond acceptors (Lipinski definition) is 2. The van der Waals surface area contributed by atoms with E-state index in [0.717, 1.165) is 0 Å². The molecule has 0 N–H and O–H groups in total. The van der Waals surface area contributed by atoms with Gasteiger partial charge >= 0.3 is 6.18 Å². The second-order valence-electron chi connectivity index (χ2n) is 2.35. The molecule has 0 aromatic carbocycles. The molecule has 5 heteroatoms. The van der Waals surface area contributed by atoms with E-state index >= 15 is 0 Å². The zero-order valence-electron chi connectivity index (χ0n) is 8.61. The molecule has 0 aliphatic carbocycles. The number of rotatable bonds is 4. The lowest BCUT2D eigenvalue weighted by Crippen LogP contribution is -2.33. The summed E-state index contributed by atoms with van der Waals surface area (Å²) in [6, 6.07) is 0. The number of halogens is 3. The molecule has 0 atom stereocenters. The van der Waals surface area contributed by atoms with Crippen LogP contribution in [0.5, 0.6) is 0 Å². The van der Waals surface area contributed by atoms with Gasteiger partial charge in [0.05, 0.1) is 13.2 Å². The van der Waals surface area contributed by atoms with Crippen LogP contribution in [0.1, 0.15) is 13.8 Å². The third-order valence-electron chi connectivity index (χ3n) is 1.13. The van der Waals surface area contributed by atoms with Gasteiger partial charge in [-0.25, -0.2) is 0 Å². The average molecular weight is 201 g/mol. The van der Waals surface area contributed by atoms with Crippen molar-refractivity contribution in [2.24, 2.45) is 0 Å². The molecular weight excluding hydrogens is 183 g/mol.